The fourth-order valence-electron chi connectivity index (χ4n) is 7.89. The molecule has 0 bridgehead atoms. The second kappa shape index (κ2) is 8.84. The Bertz CT molecular complexity index is 3050. The van der Waals surface area contributed by atoms with E-state index in [0.717, 1.165) is 0 Å². The SMILES string of the molecule is c1ccc2c(c1)[se]c1c(-c3ccc4c(c3)c3cccc5c6ccccc6c6cccc7sc8cccc(c8c76)n4c53)cccc12. The molecule has 0 N–H and O–H groups in total. The number of fused-ring (bicyclic) bond motifs is 10. The van der Waals surface area contributed by atoms with Crippen molar-refractivity contribution in [1.29, 1.82) is 0 Å². The quantitative estimate of drug-likeness (QED) is 0.156. The van der Waals surface area contributed by atoms with Gasteiger partial charge < -0.3 is 0 Å². The van der Waals surface area contributed by atoms with Crippen LogP contribution >= 0.6 is 11.3 Å². The van der Waals surface area contributed by atoms with Crippen molar-refractivity contribution in [2.75, 3.05) is 0 Å². The van der Waals surface area contributed by atoms with Crippen LogP contribution in [0.15, 0.2) is 140 Å². The molecule has 0 atom stereocenters. The summed E-state index contributed by atoms with van der Waals surface area (Å²) in [5.41, 5.74) is 6.47. The van der Waals surface area contributed by atoms with Gasteiger partial charge in [-0.25, -0.2) is 0 Å². The van der Waals surface area contributed by atoms with Crippen molar-refractivity contribution < 1.29 is 0 Å². The Morgan fingerprint density at radius 1 is 0.444 bits per heavy atom. The van der Waals surface area contributed by atoms with Crippen molar-refractivity contribution in [3.05, 3.63) is 140 Å². The van der Waals surface area contributed by atoms with Crippen molar-refractivity contribution in [2.45, 2.75) is 0 Å². The van der Waals surface area contributed by atoms with Crippen LogP contribution in [-0.4, -0.2) is 18.9 Å². The molecule has 45 heavy (non-hydrogen) atoms. The van der Waals surface area contributed by atoms with E-state index in [2.05, 4.69) is 144 Å². The van der Waals surface area contributed by atoms with E-state index < -0.39 is 0 Å². The molecule has 0 unspecified atom stereocenters. The first-order chi connectivity index (χ1) is 22.3. The number of benzene rings is 7. The molecule has 3 heteroatoms. The normalized spacial score (nSPS) is 12.4. The maximum absolute atomic E-state index is 2.56. The second-order valence-electron chi connectivity index (χ2n) is 12.0. The van der Waals surface area contributed by atoms with Crippen molar-refractivity contribution in [2.24, 2.45) is 0 Å². The Morgan fingerprint density at radius 2 is 1.09 bits per heavy atom. The van der Waals surface area contributed by atoms with Crippen LogP contribution in [0.3, 0.4) is 0 Å². The molecule has 0 spiro atoms. The van der Waals surface area contributed by atoms with E-state index in [1.807, 2.05) is 11.3 Å². The van der Waals surface area contributed by atoms with Gasteiger partial charge in [-0.1, -0.05) is 6.07 Å². The van der Waals surface area contributed by atoms with E-state index >= 15 is 0 Å². The first-order valence-electron chi connectivity index (χ1n) is 15.4. The molecule has 0 fully saturated rings. The van der Waals surface area contributed by atoms with E-state index in [4.69, 9.17) is 0 Å². The fourth-order valence-corrected chi connectivity index (χ4v) is 11.6. The predicted molar refractivity (Wildman–Crippen MR) is 198 cm³/mol. The minimum absolute atomic E-state index is 0.298. The van der Waals surface area contributed by atoms with Gasteiger partial charge >= 0.3 is 263 Å². The average Bonchev–Trinajstić information content (AvgIpc) is 3.78. The summed E-state index contributed by atoms with van der Waals surface area (Å²) in [6.45, 7) is 0. The van der Waals surface area contributed by atoms with E-state index in [0.29, 0.717) is 14.5 Å². The summed E-state index contributed by atoms with van der Waals surface area (Å²) < 4.78 is 8.22. The zero-order valence-electron chi connectivity index (χ0n) is 24.0. The number of aromatic nitrogens is 1. The molecular weight excluding hydrogens is 629 g/mol. The van der Waals surface area contributed by atoms with Gasteiger partial charge in [-0.15, -0.1) is 0 Å². The summed E-state index contributed by atoms with van der Waals surface area (Å²) in [6.07, 6.45) is 0. The summed E-state index contributed by atoms with van der Waals surface area (Å²) in [7, 11) is 0. The molecule has 11 rings (SSSR count). The Hall–Kier alpha value is -4.92. The number of para-hydroxylation sites is 1. The number of hydrogen-bond donors (Lipinski definition) is 0. The van der Waals surface area contributed by atoms with E-state index in [1.54, 1.807) is 0 Å². The number of rotatable bonds is 1. The number of thiophene rings is 1. The molecule has 0 aliphatic rings. The third-order valence-corrected chi connectivity index (χ3v) is 13.4. The molecule has 0 saturated carbocycles. The Labute approximate surface area is 267 Å². The maximum atomic E-state index is 2.56. The topological polar surface area (TPSA) is 4.41 Å². The Kier molecular flexibility index (Phi) is 4.79. The molecule has 11 aromatic rings. The van der Waals surface area contributed by atoms with Crippen molar-refractivity contribution in [3.8, 4) is 11.1 Å². The van der Waals surface area contributed by atoms with Crippen LogP contribution in [0.4, 0.5) is 0 Å². The first-order valence-corrected chi connectivity index (χ1v) is 17.9. The molecule has 4 aromatic heterocycles. The van der Waals surface area contributed by atoms with Gasteiger partial charge in [0.05, 0.1) is 0 Å². The molecule has 208 valence electrons. The third kappa shape index (κ3) is 3.18. The molecule has 0 aliphatic carbocycles. The van der Waals surface area contributed by atoms with Gasteiger partial charge in [-0.3, -0.25) is 0 Å². The summed E-state index contributed by atoms with van der Waals surface area (Å²) in [5.74, 6) is 0. The van der Waals surface area contributed by atoms with Gasteiger partial charge in [0.1, 0.15) is 0 Å². The van der Waals surface area contributed by atoms with E-state index in [-0.39, 0.29) is 0 Å². The van der Waals surface area contributed by atoms with Gasteiger partial charge in [0.2, 0.25) is 0 Å². The van der Waals surface area contributed by atoms with Crippen molar-refractivity contribution in [3.63, 3.8) is 0 Å². The molecule has 4 heterocycles. The van der Waals surface area contributed by atoms with Gasteiger partial charge in [-0.05, 0) is 0 Å². The van der Waals surface area contributed by atoms with E-state index in [1.165, 1.54) is 99.5 Å². The second-order valence-corrected chi connectivity index (χ2v) is 15.3. The molecule has 0 aliphatic heterocycles. The van der Waals surface area contributed by atoms with Gasteiger partial charge in [0.15, 0.2) is 0 Å². The summed E-state index contributed by atoms with van der Waals surface area (Å²) in [5, 5.41) is 13.3. The number of hydrogen-bond acceptors (Lipinski definition) is 1. The van der Waals surface area contributed by atoms with Gasteiger partial charge in [0.25, 0.3) is 0 Å². The molecule has 7 aromatic carbocycles. The Morgan fingerprint density at radius 3 is 1.98 bits per heavy atom. The molecule has 0 saturated heterocycles. The average molecular weight is 653 g/mol. The standard InChI is InChI=1S/C42H23NSSe/c1-2-10-27-26(9-1)29-13-7-18-36-39(29)40-35(17-8-19-37(40)44-36)43-34-22-21-24(23-33(34)31-15-6-14-30(27)41(31)43)25-12-5-16-32-28-11-3-4-20-38(28)45-42(25)32/h1-23H. The molecule has 1 nitrogen and oxygen atoms in total. The summed E-state index contributed by atoms with van der Waals surface area (Å²) in [4.78, 5) is 0. The van der Waals surface area contributed by atoms with E-state index in [9.17, 15) is 0 Å². The summed E-state index contributed by atoms with van der Waals surface area (Å²) in [6, 6.07) is 52.6. The molecule has 0 amide bonds. The van der Waals surface area contributed by atoms with Crippen molar-refractivity contribution >= 4 is 114 Å². The Balaban J connectivity index is 1.38. The van der Waals surface area contributed by atoms with Gasteiger partial charge in [-0.2, -0.15) is 0 Å². The number of nitrogens with zero attached hydrogens (tertiary/aromatic N) is 1. The predicted octanol–water partition coefficient (Wildman–Crippen LogP) is 12.0. The third-order valence-electron chi connectivity index (χ3n) is 9.75. The fraction of sp³-hybridized carbons (Fsp3) is 0. The van der Waals surface area contributed by atoms with Crippen LogP contribution in [0.2, 0.25) is 0 Å². The van der Waals surface area contributed by atoms with Crippen LogP contribution in [0, 0.1) is 0 Å². The first kappa shape index (κ1) is 24.4. The van der Waals surface area contributed by atoms with Gasteiger partial charge in [0, 0.05) is 0 Å². The molecular formula is C42H23NSSe. The zero-order valence-corrected chi connectivity index (χ0v) is 26.6. The minimum atomic E-state index is 0.298. The van der Waals surface area contributed by atoms with Crippen LogP contribution < -0.4 is 0 Å². The van der Waals surface area contributed by atoms with Crippen molar-refractivity contribution in [1.82, 2.24) is 4.40 Å². The monoisotopic (exact) mass is 653 g/mol. The zero-order chi connectivity index (χ0) is 29.2. The van der Waals surface area contributed by atoms with Crippen LogP contribution in [0.25, 0.3) is 99.5 Å². The van der Waals surface area contributed by atoms with Crippen LogP contribution in [0.1, 0.15) is 0 Å². The summed E-state index contributed by atoms with van der Waals surface area (Å²) >= 11 is 2.20. The van der Waals surface area contributed by atoms with Crippen LogP contribution in [0.5, 0.6) is 0 Å². The molecule has 0 radical (unpaired) electrons. The van der Waals surface area contributed by atoms with Crippen LogP contribution in [-0.2, 0) is 0 Å².